The van der Waals surface area contributed by atoms with E-state index in [2.05, 4.69) is 11.8 Å². The predicted molar refractivity (Wildman–Crippen MR) is 125 cm³/mol. The second-order valence-corrected chi connectivity index (χ2v) is 7.51. The normalized spacial score (nSPS) is 16.2. The van der Waals surface area contributed by atoms with Gasteiger partial charge in [0.25, 0.3) is 0 Å². The number of para-hydroxylation sites is 2. The lowest BCUT2D eigenvalue weighted by atomic mass is 9.92. The van der Waals surface area contributed by atoms with E-state index in [-0.39, 0.29) is 23.0 Å². The van der Waals surface area contributed by atoms with Crippen LogP contribution in [-0.2, 0) is 14.3 Å². The van der Waals surface area contributed by atoms with E-state index in [0.29, 0.717) is 17.8 Å². The van der Waals surface area contributed by atoms with Gasteiger partial charge in [0, 0.05) is 23.9 Å². The van der Waals surface area contributed by atoms with E-state index in [9.17, 15) is 19.7 Å². The maximum atomic E-state index is 12.9. The van der Waals surface area contributed by atoms with Crippen molar-refractivity contribution in [2.24, 2.45) is 5.92 Å². The van der Waals surface area contributed by atoms with Crippen molar-refractivity contribution in [3.63, 3.8) is 0 Å². The zero-order valence-electron chi connectivity index (χ0n) is 18.2. The summed E-state index contributed by atoms with van der Waals surface area (Å²) < 4.78 is 5.24. The standard InChI is InChI=1S/C26H24N2O5/c1-20(33-26(30)18-16-21-9-8-14-24(19-21)28(31)32)15-17-25(29)27(22-10-4-2-5-11-22)23-12-6-3-7-13-23/h2-7,10-14,16,18,20-21H,8-9,19H2,1H3/b18-16+/t20-,21?/m0/s1. The number of allylic oxidation sites excluding steroid dienone is 3. The number of ether oxygens (including phenoxy) is 1. The zero-order chi connectivity index (χ0) is 23.6. The minimum absolute atomic E-state index is 0.0868. The van der Waals surface area contributed by atoms with Crippen LogP contribution in [0.5, 0.6) is 0 Å². The Kier molecular flexibility index (Phi) is 8.14. The summed E-state index contributed by atoms with van der Waals surface area (Å²) in [5, 5.41) is 10.9. The monoisotopic (exact) mass is 444 g/mol. The molecule has 0 aromatic heterocycles. The molecule has 0 spiro atoms. The maximum absolute atomic E-state index is 12.9. The highest BCUT2D eigenvalue weighted by molar-refractivity contribution is 6.10. The lowest BCUT2D eigenvalue weighted by Gasteiger charge is -2.20. The smallest absolute Gasteiger partial charge is 0.331 e. The van der Waals surface area contributed by atoms with Crippen molar-refractivity contribution in [1.29, 1.82) is 0 Å². The molecule has 0 saturated heterocycles. The summed E-state index contributed by atoms with van der Waals surface area (Å²) in [6, 6.07) is 18.3. The van der Waals surface area contributed by atoms with Crippen molar-refractivity contribution in [3.05, 3.63) is 94.7 Å². The van der Waals surface area contributed by atoms with Crippen molar-refractivity contribution < 1.29 is 19.2 Å². The molecule has 168 valence electrons. The van der Waals surface area contributed by atoms with Gasteiger partial charge in [-0.25, -0.2) is 4.79 Å². The fourth-order valence-electron chi connectivity index (χ4n) is 3.45. The molecule has 1 aliphatic rings. The lowest BCUT2D eigenvalue weighted by Crippen LogP contribution is -2.24. The number of esters is 1. The molecular weight excluding hydrogens is 420 g/mol. The number of benzene rings is 2. The average molecular weight is 444 g/mol. The molecule has 2 aromatic carbocycles. The molecule has 0 radical (unpaired) electrons. The van der Waals surface area contributed by atoms with Gasteiger partial charge in [-0.3, -0.25) is 19.8 Å². The van der Waals surface area contributed by atoms with Crippen LogP contribution in [0.3, 0.4) is 0 Å². The van der Waals surface area contributed by atoms with Crippen LogP contribution in [0.4, 0.5) is 11.4 Å². The van der Waals surface area contributed by atoms with E-state index in [0.717, 1.165) is 6.42 Å². The summed E-state index contributed by atoms with van der Waals surface area (Å²) in [5.74, 6) is 4.09. The number of rotatable bonds is 6. The Morgan fingerprint density at radius 3 is 2.30 bits per heavy atom. The van der Waals surface area contributed by atoms with Gasteiger partial charge in [-0.05, 0) is 67.9 Å². The first kappa shape index (κ1) is 23.5. The van der Waals surface area contributed by atoms with Gasteiger partial charge in [0.05, 0.1) is 4.92 Å². The third kappa shape index (κ3) is 6.91. The molecule has 0 aliphatic heterocycles. The molecule has 2 atom stereocenters. The van der Waals surface area contributed by atoms with E-state index in [1.54, 1.807) is 19.1 Å². The Labute approximate surface area is 192 Å². The molecule has 1 aliphatic carbocycles. The van der Waals surface area contributed by atoms with Crippen molar-refractivity contribution in [3.8, 4) is 11.8 Å². The molecule has 1 amide bonds. The van der Waals surface area contributed by atoms with Crippen LogP contribution in [0.15, 0.2) is 84.6 Å². The van der Waals surface area contributed by atoms with Crippen LogP contribution in [0.1, 0.15) is 26.2 Å². The van der Waals surface area contributed by atoms with Gasteiger partial charge >= 0.3 is 11.9 Å². The molecule has 7 nitrogen and oxygen atoms in total. The average Bonchev–Trinajstić information content (AvgIpc) is 2.83. The molecular formula is C26H24N2O5. The van der Waals surface area contributed by atoms with Crippen LogP contribution in [-0.4, -0.2) is 22.9 Å². The van der Waals surface area contributed by atoms with Crippen molar-refractivity contribution >= 4 is 23.3 Å². The van der Waals surface area contributed by atoms with Crippen molar-refractivity contribution in [2.75, 3.05) is 4.90 Å². The minimum Gasteiger partial charge on any atom is -0.446 e. The molecule has 7 heteroatoms. The molecule has 1 unspecified atom stereocenters. The molecule has 33 heavy (non-hydrogen) atoms. The topological polar surface area (TPSA) is 89.8 Å². The SMILES string of the molecule is C[C@@H](C#CC(=O)N(c1ccccc1)c1ccccc1)OC(=O)/C=C/C1CCC=C([N+](=O)[O-])C1. The first-order chi connectivity index (χ1) is 15.9. The van der Waals surface area contributed by atoms with Gasteiger partial charge in [-0.2, -0.15) is 0 Å². The number of carbonyl (C=O) groups excluding carboxylic acids is 2. The summed E-state index contributed by atoms with van der Waals surface area (Å²) in [6.45, 7) is 1.58. The van der Waals surface area contributed by atoms with Crippen LogP contribution < -0.4 is 4.90 Å². The lowest BCUT2D eigenvalue weighted by molar-refractivity contribution is -0.429. The summed E-state index contributed by atoms with van der Waals surface area (Å²) in [5.41, 5.74) is 1.51. The second kappa shape index (κ2) is 11.4. The van der Waals surface area contributed by atoms with Gasteiger partial charge in [0.15, 0.2) is 6.10 Å². The Morgan fingerprint density at radius 2 is 1.73 bits per heavy atom. The molecule has 0 fully saturated rings. The molecule has 2 aromatic rings. The van der Waals surface area contributed by atoms with E-state index < -0.39 is 18.0 Å². The minimum atomic E-state index is -0.805. The number of carbonyl (C=O) groups is 2. The molecule has 0 N–H and O–H groups in total. The highest BCUT2D eigenvalue weighted by atomic mass is 16.6. The summed E-state index contributed by atoms with van der Waals surface area (Å²) in [4.78, 5) is 37.0. The van der Waals surface area contributed by atoms with Crippen LogP contribution in [0.25, 0.3) is 0 Å². The third-order valence-electron chi connectivity index (χ3n) is 5.03. The molecule has 0 heterocycles. The molecule has 0 saturated carbocycles. The Hall–Kier alpha value is -4.18. The van der Waals surface area contributed by atoms with Crippen molar-refractivity contribution in [1.82, 2.24) is 0 Å². The number of nitro groups is 1. The molecule has 0 bridgehead atoms. The van der Waals surface area contributed by atoms with Crippen LogP contribution in [0, 0.1) is 27.9 Å². The maximum Gasteiger partial charge on any atom is 0.331 e. The van der Waals surface area contributed by atoms with E-state index in [4.69, 9.17) is 4.74 Å². The number of hydrogen-bond donors (Lipinski definition) is 0. The number of amides is 1. The Morgan fingerprint density at radius 1 is 1.12 bits per heavy atom. The van der Waals surface area contributed by atoms with Gasteiger partial charge in [-0.1, -0.05) is 42.5 Å². The number of anilines is 2. The van der Waals surface area contributed by atoms with Crippen LogP contribution >= 0.6 is 0 Å². The quantitative estimate of drug-likeness (QED) is 0.210. The van der Waals surface area contributed by atoms with Crippen molar-refractivity contribution in [2.45, 2.75) is 32.3 Å². The summed E-state index contributed by atoms with van der Waals surface area (Å²) in [7, 11) is 0. The summed E-state index contributed by atoms with van der Waals surface area (Å²) in [6.07, 6.45) is 5.34. The van der Waals surface area contributed by atoms with Gasteiger partial charge in [0.1, 0.15) is 0 Å². The van der Waals surface area contributed by atoms with E-state index in [1.807, 2.05) is 60.7 Å². The zero-order valence-corrected chi connectivity index (χ0v) is 18.2. The molecule has 3 rings (SSSR count). The fraction of sp³-hybridized carbons (Fsp3) is 0.231. The first-order valence-corrected chi connectivity index (χ1v) is 10.6. The summed E-state index contributed by atoms with van der Waals surface area (Å²) >= 11 is 0. The number of nitrogens with zero attached hydrogens (tertiary/aromatic N) is 2. The van der Waals surface area contributed by atoms with Gasteiger partial charge in [-0.15, -0.1) is 0 Å². The second-order valence-electron chi connectivity index (χ2n) is 7.51. The van der Waals surface area contributed by atoms with Gasteiger partial charge < -0.3 is 4.74 Å². The largest absolute Gasteiger partial charge is 0.446 e. The Balaban J connectivity index is 1.62. The highest BCUT2D eigenvalue weighted by Crippen LogP contribution is 2.26. The predicted octanol–water partition coefficient (Wildman–Crippen LogP) is 4.80. The van der Waals surface area contributed by atoms with Crippen LogP contribution in [0.2, 0.25) is 0 Å². The van der Waals surface area contributed by atoms with Gasteiger partial charge in [0.2, 0.25) is 5.70 Å². The Bertz CT molecular complexity index is 1070. The first-order valence-electron chi connectivity index (χ1n) is 10.6. The number of hydrogen-bond acceptors (Lipinski definition) is 5. The highest BCUT2D eigenvalue weighted by Gasteiger charge is 2.21. The fourth-order valence-corrected chi connectivity index (χ4v) is 3.45. The third-order valence-corrected chi connectivity index (χ3v) is 5.03. The van der Waals surface area contributed by atoms with E-state index in [1.165, 1.54) is 11.0 Å². The van der Waals surface area contributed by atoms with E-state index >= 15 is 0 Å².